The lowest BCUT2D eigenvalue weighted by Crippen LogP contribution is -2.48. The molecule has 1 aliphatic heterocycles. The topological polar surface area (TPSA) is 30.0 Å². The van der Waals surface area contributed by atoms with Gasteiger partial charge in [-0.2, -0.15) is 13.2 Å². The molecule has 0 amide bonds. The summed E-state index contributed by atoms with van der Waals surface area (Å²) >= 11 is 0. The number of likely N-dealkylation sites (N-methyl/N-ethyl adjacent to an activating group) is 2. The first-order valence-electron chi connectivity index (χ1n) is 8.17. The van der Waals surface area contributed by atoms with Gasteiger partial charge in [-0.05, 0) is 31.8 Å². The Labute approximate surface area is 141 Å². The maximum atomic E-state index is 12.5. The molecule has 4 nitrogen and oxygen atoms in total. The van der Waals surface area contributed by atoms with Crippen molar-refractivity contribution in [3.8, 4) is 0 Å². The minimum absolute atomic E-state index is 0.465. The summed E-state index contributed by atoms with van der Waals surface area (Å²) in [7, 11) is 3.95. The molecule has 1 aromatic carbocycles. The van der Waals surface area contributed by atoms with Crippen LogP contribution in [0.2, 0.25) is 0 Å². The molecular formula is C17H26F3N3O. The van der Waals surface area contributed by atoms with E-state index in [4.69, 9.17) is 0 Å². The van der Waals surface area contributed by atoms with E-state index >= 15 is 0 Å². The number of hydrogen-bond acceptors (Lipinski definition) is 4. The summed E-state index contributed by atoms with van der Waals surface area (Å²) in [6, 6.07) is 5.19. The van der Waals surface area contributed by atoms with Crippen molar-refractivity contribution in [1.29, 1.82) is 0 Å². The molecule has 0 radical (unpaired) electrons. The predicted molar refractivity (Wildman–Crippen MR) is 87.7 cm³/mol. The van der Waals surface area contributed by atoms with E-state index in [1.165, 1.54) is 12.1 Å². The molecule has 0 bridgehead atoms. The highest BCUT2D eigenvalue weighted by molar-refractivity contribution is 5.24. The fourth-order valence-corrected chi connectivity index (χ4v) is 2.92. The summed E-state index contributed by atoms with van der Waals surface area (Å²) in [5.41, 5.74) is 0.168. The number of benzene rings is 1. The van der Waals surface area contributed by atoms with Gasteiger partial charge in [-0.25, -0.2) is 0 Å². The Morgan fingerprint density at radius 3 is 2.25 bits per heavy atom. The van der Waals surface area contributed by atoms with Crippen molar-refractivity contribution >= 4 is 0 Å². The number of rotatable bonds is 6. The van der Waals surface area contributed by atoms with Crippen molar-refractivity contribution in [2.75, 3.05) is 53.4 Å². The largest absolute Gasteiger partial charge is 0.416 e. The van der Waals surface area contributed by atoms with Gasteiger partial charge in [0, 0.05) is 45.8 Å². The van der Waals surface area contributed by atoms with Gasteiger partial charge in [-0.1, -0.05) is 12.1 Å². The molecule has 1 fully saturated rings. The molecule has 0 aromatic heterocycles. The molecule has 1 saturated heterocycles. The summed E-state index contributed by atoms with van der Waals surface area (Å²) in [6.07, 6.45) is -4.77. The summed E-state index contributed by atoms with van der Waals surface area (Å²) < 4.78 is 37.6. The van der Waals surface area contributed by atoms with Gasteiger partial charge in [0.2, 0.25) is 0 Å². The van der Waals surface area contributed by atoms with Crippen molar-refractivity contribution in [1.82, 2.24) is 14.7 Å². The zero-order chi connectivity index (χ0) is 17.7. The quantitative estimate of drug-likeness (QED) is 0.851. The molecule has 2 rings (SSSR count). The first-order valence-corrected chi connectivity index (χ1v) is 8.17. The highest BCUT2D eigenvalue weighted by Crippen LogP contribution is 2.29. The van der Waals surface area contributed by atoms with E-state index in [1.54, 1.807) is 0 Å². The number of β-amino-alcohol motifs (C(OH)–C–C–N with tert-alkyl or cyclic N) is 1. The Hall–Kier alpha value is -1.15. The van der Waals surface area contributed by atoms with Crippen LogP contribution in [0.3, 0.4) is 0 Å². The fraction of sp³-hybridized carbons (Fsp3) is 0.647. The van der Waals surface area contributed by atoms with Gasteiger partial charge < -0.3 is 10.0 Å². The summed E-state index contributed by atoms with van der Waals surface area (Å²) in [5, 5.41) is 10.2. The molecule has 136 valence electrons. The smallest absolute Gasteiger partial charge is 0.390 e. The number of alkyl halides is 3. The fourth-order valence-electron chi connectivity index (χ4n) is 2.92. The van der Waals surface area contributed by atoms with E-state index in [-0.39, 0.29) is 0 Å². The van der Waals surface area contributed by atoms with Crippen LogP contribution in [0, 0.1) is 0 Å². The molecule has 0 spiro atoms. The van der Waals surface area contributed by atoms with Crippen LogP contribution in [0.5, 0.6) is 0 Å². The Morgan fingerprint density at radius 1 is 1.12 bits per heavy atom. The van der Waals surface area contributed by atoms with Gasteiger partial charge >= 0.3 is 6.18 Å². The SMILES string of the molecule is CN1CCN(CC(O)CN(C)Cc2ccc(C(F)(F)F)cc2)CC1. The third kappa shape index (κ3) is 6.05. The maximum Gasteiger partial charge on any atom is 0.416 e. The van der Waals surface area contributed by atoms with Crippen LogP contribution in [0.4, 0.5) is 13.2 Å². The average Bonchev–Trinajstić information content (AvgIpc) is 2.49. The summed E-state index contributed by atoms with van der Waals surface area (Å²) in [5.74, 6) is 0. The van der Waals surface area contributed by atoms with Gasteiger partial charge in [0.25, 0.3) is 0 Å². The van der Waals surface area contributed by atoms with Crippen LogP contribution < -0.4 is 0 Å². The second kappa shape index (κ2) is 8.29. The maximum absolute atomic E-state index is 12.5. The highest BCUT2D eigenvalue weighted by Gasteiger charge is 2.30. The number of piperazine rings is 1. The van der Waals surface area contributed by atoms with E-state index < -0.39 is 17.8 Å². The molecular weight excluding hydrogens is 319 g/mol. The van der Waals surface area contributed by atoms with Gasteiger partial charge in [0.15, 0.2) is 0 Å². The molecule has 1 heterocycles. The van der Waals surface area contributed by atoms with Crippen LogP contribution in [0.25, 0.3) is 0 Å². The number of aliphatic hydroxyl groups is 1. The zero-order valence-electron chi connectivity index (χ0n) is 14.3. The lowest BCUT2D eigenvalue weighted by molar-refractivity contribution is -0.137. The first-order chi connectivity index (χ1) is 11.2. The van der Waals surface area contributed by atoms with Gasteiger partial charge in [0.05, 0.1) is 11.7 Å². The normalized spacial score (nSPS) is 19.0. The molecule has 24 heavy (non-hydrogen) atoms. The van der Waals surface area contributed by atoms with E-state index in [2.05, 4.69) is 16.8 Å². The standard InChI is InChI=1S/C17H26F3N3O/c1-21-7-9-23(10-8-21)13-16(24)12-22(2)11-14-3-5-15(6-4-14)17(18,19)20/h3-6,16,24H,7-13H2,1-2H3. The second-order valence-corrected chi connectivity index (χ2v) is 6.65. The van der Waals surface area contributed by atoms with Crippen molar-refractivity contribution in [2.45, 2.75) is 18.8 Å². The molecule has 1 aliphatic rings. The van der Waals surface area contributed by atoms with Crippen LogP contribution in [-0.4, -0.2) is 79.3 Å². The Bertz CT molecular complexity index is 499. The van der Waals surface area contributed by atoms with Crippen LogP contribution in [0.1, 0.15) is 11.1 Å². The van der Waals surface area contributed by atoms with E-state index in [1.807, 2.05) is 11.9 Å². The molecule has 0 saturated carbocycles. The van der Waals surface area contributed by atoms with Gasteiger partial charge in [0.1, 0.15) is 0 Å². The number of halogens is 3. The van der Waals surface area contributed by atoms with Gasteiger partial charge in [-0.3, -0.25) is 9.80 Å². The Kier molecular flexibility index (Phi) is 6.62. The Balaban J connectivity index is 1.76. The lowest BCUT2D eigenvalue weighted by Gasteiger charge is -2.34. The third-order valence-corrected chi connectivity index (χ3v) is 4.32. The average molecular weight is 345 g/mol. The molecule has 1 aromatic rings. The minimum atomic E-state index is -4.30. The van der Waals surface area contributed by atoms with Crippen molar-refractivity contribution in [2.24, 2.45) is 0 Å². The first kappa shape index (κ1) is 19.2. The van der Waals surface area contributed by atoms with E-state index in [0.717, 1.165) is 43.9 Å². The number of aliphatic hydroxyl groups excluding tert-OH is 1. The van der Waals surface area contributed by atoms with E-state index in [9.17, 15) is 18.3 Å². The minimum Gasteiger partial charge on any atom is -0.390 e. The number of hydrogen-bond donors (Lipinski definition) is 1. The third-order valence-electron chi connectivity index (χ3n) is 4.32. The molecule has 1 atom stereocenters. The van der Waals surface area contributed by atoms with Crippen molar-refractivity contribution in [3.63, 3.8) is 0 Å². The van der Waals surface area contributed by atoms with Crippen LogP contribution in [0.15, 0.2) is 24.3 Å². The lowest BCUT2D eigenvalue weighted by atomic mass is 10.1. The predicted octanol–water partition coefficient (Wildman–Crippen LogP) is 1.75. The highest BCUT2D eigenvalue weighted by atomic mass is 19.4. The molecule has 1 unspecified atom stereocenters. The zero-order valence-corrected chi connectivity index (χ0v) is 14.3. The summed E-state index contributed by atoms with van der Waals surface area (Å²) in [4.78, 5) is 6.44. The van der Waals surface area contributed by atoms with Crippen LogP contribution in [-0.2, 0) is 12.7 Å². The molecule has 1 N–H and O–H groups in total. The number of nitrogens with zero attached hydrogens (tertiary/aromatic N) is 3. The van der Waals surface area contributed by atoms with Gasteiger partial charge in [-0.15, -0.1) is 0 Å². The summed E-state index contributed by atoms with van der Waals surface area (Å²) in [6.45, 7) is 5.56. The Morgan fingerprint density at radius 2 is 1.71 bits per heavy atom. The van der Waals surface area contributed by atoms with E-state index in [0.29, 0.717) is 19.6 Å². The van der Waals surface area contributed by atoms with Crippen LogP contribution >= 0.6 is 0 Å². The van der Waals surface area contributed by atoms with Crippen molar-refractivity contribution < 1.29 is 18.3 Å². The second-order valence-electron chi connectivity index (χ2n) is 6.65. The molecule has 0 aliphatic carbocycles. The molecule has 7 heteroatoms. The monoisotopic (exact) mass is 345 g/mol. The van der Waals surface area contributed by atoms with Crippen molar-refractivity contribution in [3.05, 3.63) is 35.4 Å².